The number of carbonyl (C=O) groups excluding carboxylic acids is 1. The standard InChI is InChI=1S/C11H20N2O3/c14-9-3-4-13(7-9)8-11(15)12-6-10-2-1-5-16-10/h9-10,14H,1-8H2,(H,12,15). The van der Waals surface area contributed by atoms with E-state index in [2.05, 4.69) is 5.32 Å². The average Bonchev–Trinajstić information content (AvgIpc) is 2.87. The summed E-state index contributed by atoms with van der Waals surface area (Å²) in [5.74, 6) is 0.0320. The lowest BCUT2D eigenvalue weighted by atomic mass is 10.2. The van der Waals surface area contributed by atoms with Crippen molar-refractivity contribution in [3.05, 3.63) is 0 Å². The van der Waals surface area contributed by atoms with Gasteiger partial charge in [0.25, 0.3) is 0 Å². The van der Waals surface area contributed by atoms with Crippen molar-refractivity contribution in [2.45, 2.75) is 31.5 Å². The zero-order chi connectivity index (χ0) is 11.4. The molecule has 0 aliphatic carbocycles. The lowest BCUT2D eigenvalue weighted by Gasteiger charge is -2.16. The summed E-state index contributed by atoms with van der Waals surface area (Å²) in [5.41, 5.74) is 0. The summed E-state index contributed by atoms with van der Waals surface area (Å²) in [4.78, 5) is 13.6. The van der Waals surface area contributed by atoms with E-state index in [0.29, 0.717) is 19.6 Å². The molecule has 0 aromatic rings. The number of β-amino-alcohol motifs (C(OH)–C–C–N with tert-alkyl or cyclic N) is 1. The van der Waals surface area contributed by atoms with Gasteiger partial charge in [-0.15, -0.1) is 0 Å². The molecule has 2 atom stereocenters. The maximum absolute atomic E-state index is 11.6. The Morgan fingerprint density at radius 3 is 3.00 bits per heavy atom. The molecule has 2 rings (SSSR count). The van der Waals surface area contributed by atoms with Crippen LogP contribution in [-0.2, 0) is 9.53 Å². The van der Waals surface area contributed by atoms with Gasteiger partial charge in [0.05, 0.1) is 18.8 Å². The zero-order valence-corrected chi connectivity index (χ0v) is 9.52. The summed E-state index contributed by atoms with van der Waals surface area (Å²) in [7, 11) is 0. The first-order valence-corrected chi connectivity index (χ1v) is 6.03. The molecule has 0 saturated carbocycles. The largest absolute Gasteiger partial charge is 0.392 e. The number of amides is 1. The third-order valence-corrected chi connectivity index (χ3v) is 3.17. The van der Waals surface area contributed by atoms with Crippen LogP contribution in [0, 0.1) is 0 Å². The van der Waals surface area contributed by atoms with E-state index >= 15 is 0 Å². The highest BCUT2D eigenvalue weighted by Crippen LogP contribution is 2.11. The van der Waals surface area contributed by atoms with Crippen LogP contribution < -0.4 is 5.32 Å². The normalized spacial score (nSPS) is 30.8. The third-order valence-electron chi connectivity index (χ3n) is 3.17. The fraction of sp³-hybridized carbons (Fsp3) is 0.909. The van der Waals surface area contributed by atoms with E-state index < -0.39 is 0 Å². The highest BCUT2D eigenvalue weighted by molar-refractivity contribution is 5.78. The van der Waals surface area contributed by atoms with Crippen LogP contribution in [0.25, 0.3) is 0 Å². The van der Waals surface area contributed by atoms with Crippen molar-refractivity contribution in [3.8, 4) is 0 Å². The molecular weight excluding hydrogens is 208 g/mol. The summed E-state index contributed by atoms with van der Waals surface area (Å²) in [6.45, 7) is 3.26. The van der Waals surface area contributed by atoms with Crippen LogP contribution in [0.3, 0.4) is 0 Å². The monoisotopic (exact) mass is 228 g/mol. The number of hydrogen-bond acceptors (Lipinski definition) is 4. The molecule has 0 aromatic carbocycles. The van der Waals surface area contributed by atoms with Gasteiger partial charge in [-0.05, 0) is 19.3 Å². The Morgan fingerprint density at radius 2 is 2.38 bits per heavy atom. The smallest absolute Gasteiger partial charge is 0.234 e. The predicted molar refractivity (Wildman–Crippen MR) is 59.0 cm³/mol. The minimum absolute atomic E-state index is 0.0320. The summed E-state index contributed by atoms with van der Waals surface area (Å²) in [6, 6.07) is 0. The number of aliphatic hydroxyl groups excluding tert-OH is 1. The number of nitrogens with one attached hydrogen (secondary N) is 1. The molecule has 92 valence electrons. The summed E-state index contributed by atoms with van der Waals surface area (Å²) in [5, 5.41) is 12.2. The van der Waals surface area contributed by atoms with Gasteiger partial charge >= 0.3 is 0 Å². The van der Waals surface area contributed by atoms with E-state index in [0.717, 1.165) is 32.4 Å². The molecular formula is C11H20N2O3. The first-order chi connectivity index (χ1) is 7.74. The Bertz CT molecular complexity index is 241. The van der Waals surface area contributed by atoms with Gasteiger partial charge in [-0.25, -0.2) is 0 Å². The molecule has 2 aliphatic heterocycles. The van der Waals surface area contributed by atoms with Gasteiger partial charge in [-0.3, -0.25) is 9.69 Å². The number of carbonyl (C=O) groups is 1. The fourth-order valence-electron chi connectivity index (χ4n) is 2.25. The third kappa shape index (κ3) is 3.43. The Morgan fingerprint density at radius 1 is 1.50 bits per heavy atom. The Hall–Kier alpha value is -0.650. The minimum atomic E-state index is -0.258. The van der Waals surface area contributed by atoms with Gasteiger partial charge < -0.3 is 15.2 Å². The van der Waals surface area contributed by atoms with Crippen molar-refractivity contribution in [1.29, 1.82) is 0 Å². The van der Waals surface area contributed by atoms with Gasteiger partial charge in [-0.1, -0.05) is 0 Å². The molecule has 0 aromatic heterocycles. The van der Waals surface area contributed by atoms with Gasteiger partial charge in [0, 0.05) is 26.2 Å². The van der Waals surface area contributed by atoms with Gasteiger partial charge in [0.15, 0.2) is 0 Å². The van der Waals surface area contributed by atoms with Crippen LogP contribution in [0.5, 0.6) is 0 Å². The van der Waals surface area contributed by atoms with E-state index in [1.807, 2.05) is 4.90 Å². The van der Waals surface area contributed by atoms with E-state index in [1.165, 1.54) is 0 Å². The van der Waals surface area contributed by atoms with E-state index in [4.69, 9.17) is 4.74 Å². The van der Waals surface area contributed by atoms with Crippen molar-refractivity contribution in [3.63, 3.8) is 0 Å². The first kappa shape index (κ1) is 11.8. The second-order valence-electron chi connectivity index (χ2n) is 4.62. The van der Waals surface area contributed by atoms with Crippen LogP contribution >= 0.6 is 0 Å². The molecule has 2 aliphatic rings. The van der Waals surface area contributed by atoms with E-state index in [-0.39, 0.29) is 18.1 Å². The minimum Gasteiger partial charge on any atom is -0.392 e. The highest BCUT2D eigenvalue weighted by atomic mass is 16.5. The maximum atomic E-state index is 11.6. The van der Waals surface area contributed by atoms with Crippen LogP contribution in [0.1, 0.15) is 19.3 Å². The molecule has 0 spiro atoms. The lowest BCUT2D eigenvalue weighted by Crippen LogP contribution is -2.39. The number of aliphatic hydroxyl groups is 1. The number of hydrogen-bond donors (Lipinski definition) is 2. The quantitative estimate of drug-likeness (QED) is 0.671. The SMILES string of the molecule is O=C(CN1CCC(O)C1)NCC1CCCO1. The summed E-state index contributed by atoms with van der Waals surface area (Å²) < 4.78 is 5.42. The average molecular weight is 228 g/mol. The molecule has 0 bridgehead atoms. The molecule has 2 N–H and O–H groups in total. The second kappa shape index (κ2) is 5.61. The highest BCUT2D eigenvalue weighted by Gasteiger charge is 2.22. The number of ether oxygens (including phenoxy) is 1. The van der Waals surface area contributed by atoms with Crippen molar-refractivity contribution < 1.29 is 14.6 Å². The van der Waals surface area contributed by atoms with Crippen molar-refractivity contribution in [2.75, 3.05) is 32.8 Å². The topological polar surface area (TPSA) is 61.8 Å². The Balaban J connectivity index is 1.60. The molecule has 5 heteroatoms. The number of likely N-dealkylation sites (tertiary alicyclic amines) is 1. The molecule has 2 unspecified atom stereocenters. The van der Waals surface area contributed by atoms with Crippen LogP contribution in [0.4, 0.5) is 0 Å². The van der Waals surface area contributed by atoms with Gasteiger partial charge in [0.1, 0.15) is 0 Å². The molecule has 16 heavy (non-hydrogen) atoms. The second-order valence-corrected chi connectivity index (χ2v) is 4.62. The summed E-state index contributed by atoms with van der Waals surface area (Å²) >= 11 is 0. The first-order valence-electron chi connectivity index (χ1n) is 6.03. The van der Waals surface area contributed by atoms with Crippen LogP contribution in [0.2, 0.25) is 0 Å². The van der Waals surface area contributed by atoms with E-state index in [1.54, 1.807) is 0 Å². The Labute approximate surface area is 95.8 Å². The lowest BCUT2D eigenvalue weighted by molar-refractivity contribution is -0.122. The predicted octanol–water partition coefficient (Wildman–Crippen LogP) is -0.652. The Kier molecular flexibility index (Phi) is 4.15. The molecule has 0 radical (unpaired) electrons. The van der Waals surface area contributed by atoms with E-state index in [9.17, 15) is 9.90 Å². The van der Waals surface area contributed by atoms with Crippen LogP contribution in [0.15, 0.2) is 0 Å². The number of rotatable bonds is 4. The molecule has 2 saturated heterocycles. The van der Waals surface area contributed by atoms with Gasteiger partial charge in [-0.2, -0.15) is 0 Å². The zero-order valence-electron chi connectivity index (χ0n) is 9.52. The van der Waals surface area contributed by atoms with Gasteiger partial charge in [0.2, 0.25) is 5.91 Å². The molecule has 1 amide bonds. The van der Waals surface area contributed by atoms with Crippen molar-refractivity contribution >= 4 is 5.91 Å². The van der Waals surface area contributed by atoms with Crippen LogP contribution in [-0.4, -0.2) is 60.9 Å². The molecule has 2 fully saturated rings. The van der Waals surface area contributed by atoms with Crippen molar-refractivity contribution in [2.24, 2.45) is 0 Å². The number of nitrogens with zero attached hydrogens (tertiary/aromatic N) is 1. The van der Waals surface area contributed by atoms with Crippen molar-refractivity contribution in [1.82, 2.24) is 10.2 Å². The molecule has 5 nitrogen and oxygen atoms in total. The summed E-state index contributed by atoms with van der Waals surface area (Å²) in [6.07, 6.45) is 2.86. The molecule has 2 heterocycles. The fourth-order valence-corrected chi connectivity index (χ4v) is 2.25. The maximum Gasteiger partial charge on any atom is 0.234 e.